The van der Waals surface area contributed by atoms with Crippen molar-refractivity contribution in [3.8, 4) is 0 Å². The minimum atomic E-state index is -1.18. The van der Waals surface area contributed by atoms with Crippen molar-refractivity contribution < 1.29 is 34.2 Å². The second kappa shape index (κ2) is 16.3. The van der Waals surface area contributed by atoms with E-state index in [1.165, 1.54) is 0 Å². The van der Waals surface area contributed by atoms with Crippen molar-refractivity contribution in [3.05, 3.63) is 0 Å². The van der Waals surface area contributed by atoms with Crippen LogP contribution in [-0.4, -0.2) is 76.3 Å². The number of nitrogens with two attached hydrogens (primary N) is 2. The van der Waals surface area contributed by atoms with Gasteiger partial charge in [-0.05, 0) is 44.6 Å². The third-order valence-electron chi connectivity index (χ3n) is 4.72. The molecule has 0 aromatic carbocycles. The molecule has 3 amide bonds. The largest absolute Gasteiger partial charge is 0.481 e. The number of rotatable bonds is 17. The minimum absolute atomic E-state index is 0.0193. The first kappa shape index (κ1) is 30.6. The van der Waals surface area contributed by atoms with Gasteiger partial charge >= 0.3 is 11.9 Å². The van der Waals surface area contributed by atoms with Crippen molar-refractivity contribution in [1.29, 1.82) is 0 Å². The first-order valence-corrected chi connectivity index (χ1v) is 11.5. The number of carboxylic acids is 2. The van der Waals surface area contributed by atoms with Crippen LogP contribution in [0.15, 0.2) is 0 Å². The molecule has 0 aromatic rings. The smallest absolute Gasteiger partial charge is 0.326 e. The second-order valence-corrected chi connectivity index (χ2v) is 8.52. The molecule has 0 fully saturated rings. The predicted molar refractivity (Wildman–Crippen MR) is 124 cm³/mol. The average Bonchev–Trinajstić information content (AvgIpc) is 2.73. The number of carbonyl (C=O) groups excluding carboxylic acids is 3. The van der Waals surface area contributed by atoms with Gasteiger partial charge in [-0.15, -0.1) is 0 Å². The molecule has 0 radical (unpaired) electrons. The fourth-order valence-electron chi connectivity index (χ4n) is 2.88. The first-order chi connectivity index (χ1) is 15.4. The summed E-state index contributed by atoms with van der Waals surface area (Å²) in [5, 5.41) is 25.5. The topological polar surface area (TPSA) is 214 Å². The molecular weight excluding hydrogens is 454 g/mol. The number of nitrogens with one attached hydrogen (secondary N) is 3. The monoisotopic (exact) mass is 491 g/mol. The summed E-state index contributed by atoms with van der Waals surface area (Å²) < 4.78 is 0. The zero-order valence-electron chi connectivity index (χ0n) is 19.1. The zero-order valence-corrected chi connectivity index (χ0v) is 20.0. The predicted octanol–water partition coefficient (Wildman–Crippen LogP) is -1.18. The van der Waals surface area contributed by atoms with Gasteiger partial charge in [0.05, 0.1) is 6.04 Å². The van der Waals surface area contributed by atoms with E-state index in [1.807, 2.05) is 13.8 Å². The van der Waals surface area contributed by atoms with Crippen molar-refractivity contribution in [2.45, 2.75) is 76.5 Å². The number of carbonyl (C=O) groups is 5. The maximum absolute atomic E-state index is 12.8. The Hall–Kier alpha value is -2.38. The Morgan fingerprint density at radius 3 is 1.88 bits per heavy atom. The van der Waals surface area contributed by atoms with Crippen LogP contribution in [0.1, 0.15) is 52.4 Å². The van der Waals surface area contributed by atoms with E-state index in [-0.39, 0.29) is 37.4 Å². The zero-order chi connectivity index (χ0) is 25.6. The molecule has 0 bridgehead atoms. The molecule has 0 saturated heterocycles. The van der Waals surface area contributed by atoms with Gasteiger partial charge in [0.2, 0.25) is 17.7 Å². The highest BCUT2D eigenvalue weighted by molar-refractivity contribution is 7.80. The van der Waals surface area contributed by atoms with E-state index in [9.17, 15) is 29.1 Å². The van der Waals surface area contributed by atoms with E-state index >= 15 is 0 Å². The SMILES string of the molecule is CC(C)CC(NC(=O)C(CCCCN)NC(=O)C(CS)NC(=O)C(N)CCC(=O)O)C(=O)O. The van der Waals surface area contributed by atoms with E-state index in [4.69, 9.17) is 16.6 Å². The summed E-state index contributed by atoms with van der Waals surface area (Å²) in [6.45, 7) is 4.03. The summed E-state index contributed by atoms with van der Waals surface area (Å²) in [5.41, 5.74) is 11.2. The first-order valence-electron chi connectivity index (χ1n) is 10.8. The lowest BCUT2D eigenvalue weighted by molar-refractivity contribution is -0.143. The van der Waals surface area contributed by atoms with Crippen LogP contribution in [-0.2, 0) is 24.0 Å². The van der Waals surface area contributed by atoms with Gasteiger partial charge in [-0.1, -0.05) is 13.8 Å². The molecule has 0 aliphatic heterocycles. The molecule has 9 N–H and O–H groups in total. The van der Waals surface area contributed by atoms with Crippen molar-refractivity contribution in [2.24, 2.45) is 17.4 Å². The minimum Gasteiger partial charge on any atom is -0.481 e. The summed E-state index contributed by atoms with van der Waals surface area (Å²) in [4.78, 5) is 59.8. The van der Waals surface area contributed by atoms with Gasteiger partial charge in [0.15, 0.2) is 0 Å². The molecular formula is C20H37N5O7S. The Morgan fingerprint density at radius 2 is 1.39 bits per heavy atom. The van der Waals surface area contributed by atoms with Crippen LogP contribution in [0.3, 0.4) is 0 Å². The number of amides is 3. The van der Waals surface area contributed by atoms with Gasteiger partial charge in [-0.3, -0.25) is 19.2 Å². The third-order valence-corrected chi connectivity index (χ3v) is 5.09. The number of aliphatic carboxylic acids is 2. The van der Waals surface area contributed by atoms with E-state index in [2.05, 4.69) is 28.6 Å². The number of hydrogen-bond donors (Lipinski definition) is 8. The van der Waals surface area contributed by atoms with Crippen molar-refractivity contribution in [1.82, 2.24) is 16.0 Å². The molecule has 4 unspecified atom stereocenters. The normalized spacial score (nSPS) is 14.6. The quantitative estimate of drug-likeness (QED) is 0.0906. The highest BCUT2D eigenvalue weighted by Gasteiger charge is 2.30. The van der Waals surface area contributed by atoms with Gasteiger partial charge in [-0.25, -0.2) is 4.79 Å². The van der Waals surface area contributed by atoms with Crippen LogP contribution in [0.4, 0.5) is 0 Å². The summed E-state index contributed by atoms with van der Waals surface area (Å²) in [5.74, 6) is -4.46. The van der Waals surface area contributed by atoms with Crippen molar-refractivity contribution in [3.63, 3.8) is 0 Å². The van der Waals surface area contributed by atoms with E-state index < -0.39 is 53.8 Å². The fourth-order valence-corrected chi connectivity index (χ4v) is 3.14. The number of hydrogen-bond acceptors (Lipinski definition) is 8. The van der Waals surface area contributed by atoms with E-state index in [1.54, 1.807) is 0 Å². The van der Waals surface area contributed by atoms with Gasteiger partial charge in [-0.2, -0.15) is 12.6 Å². The molecule has 4 atom stereocenters. The van der Waals surface area contributed by atoms with Gasteiger partial charge < -0.3 is 37.6 Å². The lowest BCUT2D eigenvalue weighted by Crippen LogP contribution is -2.57. The van der Waals surface area contributed by atoms with Crippen molar-refractivity contribution >= 4 is 42.3 Å². The van der Waals surface area contributed by atoms with Crippen LogP contribution < -0.4 is 27.4 Å². The van der Waals surface area contributed by atoms with Crippen LogP contribution >= 0.6 is 12.6 Å². The Balaban J connectivity index is 5.24. The summed E-state index contributed by atoms with van der Waals surface area (Å²) >= 11 is 4.06. The van der Waals surface area contributed by atoms with Crippen LogP contribution in [0.5, 0.6) is 0 Å². The van der Waals surface area contributed by atoms with Gasteiger partial charge in [0.1, 0.15) is 18.1 Å². The Bertz CT molecular complexity index is 677. The lowest BCUT2D eigenvalue weighted by atomic mass is 10.0. The summed E-state index contributed by atoms with van der Waals surface area (Å²) in [7, 11) is 0. The molecule has 33 heavy (non-hydrogen) atoms. The average molecular weight is 492 g/mol. The Labute approximate surface area is 199 Å². The molecule has 0 saturated carbocycles. The van der Waals surface area contributed by atoms with Crippen LogP contribution in [0, 0.1) is 5.92 Å². The third kappa shape index (κ3) is 13.0. The Kier molecular flexibility index (Phi) is 15.1. The van der Waals surface area contributed by atoms with Crippen LogP contribution in [0.2, 0.25) is 0 Å². The standard InChI is InChI=1S/C20H37N5O7S/c1-11(2)9-14(20(31)32)24-18(29)13(5-3-4-8-21)23-19(30)15(10-33)25-17(28)12(22)6-7-16(26)27/h11-15,33H,3-10,21-22H2,1-2H3,(H,23,30)(H,24,29)(H,25,28)(H,26,27)(H,31,32). The van der Waals surface area contributed by atoms with Crippen molar-refractivity contribution in [2.75, 3.05) is 12.3 Å². The molecule has 0 rings (SSSR count). The molecule has 0 spiro atoms. The summed E-state index contributed by atoms with van der Waals surface area (Å²) in [6.07, 6.45) is 1.12. The molecule has 12 nitrogen and oxygen atoms in total. The van der Waals surface area contributed by atoms with Crippen LogP contribution in [0.25, 0.3) is 0 Å². The van der Waals surface area contributed by atoms with Gasteiger partial charge in [0, 0.05) is 12.2 Å². The van der Waals surface area contributed by atoms with E-state index in [0.29, 0.717) is 19.4 Å². The molecule has 0 aliphatic rings. The van der Waals surface area contributed by atoms with Gasteiger partial charge in [0.25, 0.3) is 0 Å². The maximum Gasteiger partial charge on any atom is 0.326 e. The molecule has 0 heterocycles. The van der Waals surface area contributed by atoms with E-state index in [0.717, 1.165) is 0 Å². The number of thiol groups is 1. The molecule has 0 aliphatic carbocycles. The number of carboxylic acid groups (broad SMARTS) is 2. The number of unbranched alkanes of at least 4 members (excludes halogenated alkanes) is 1. The summed E-state index contributed by atoms with van der Waals surface area (Å²) in [6, 6.07) is -4.42. The second-order valence-electron chi connectivity index (χ2n) is 8.16. The molecule has 0 aromatic heterocycles. The Morgan fingerprint density at radius 1 is 0.848 bits per heavy atom. The lowest BCUT2D eigenvalue weighted by Gasteiger charge is -2.25. The fraction of sp³-hybridized carbons (Fsp3) is 0.750. The molecule has 13 heteroatoms. The molecule has 190 valence electrons. The highest BCUT2D eigenvalue weighted by Crippen LogP contribution is 2.08. The maximum atomic E-state index is 12.8. The highest BCUT2D eigenvalue weighted by atomic mass is 32.1.